The molecule has 1 saturated heterocycles. The number of halogens is 2. The molecule has 2 atom stereocenters. The van der Waals surface area contributed by atoms with E-state index in [4.69, 9.17) is 4.74 Å². The van der Waals surface area contributed by atoms with Crippen LogP contribution in [-0.2, 0) is 4.79 Å². The average Bonchev–Trinajstić information content (AvgIpc) is 2.44. The van der Waals surface area contributed by atoms with Gasteiger partial charge in [0.15, 0.2) is 11.6 Å². The lowest BCUT2D eigenvalue weighted by molar-refractivity contribution is -0.133. The lowest BCUT2D eigenvalue weighted by Crippen LogP contribution is -2.55. The summed E-state index contributed by atoms with van der Waals surface area (Å²) in [5, 5.41) is 3.37. The number of ether oxygens (including phenoxy) is 1. The summed E-state index contributed by atoms with van der Waals surface area (Å²) in [7, 11) is 0. The van der Waals surface area contributed by atoms with Gasteiger partial charge >= 0.3 is 0 Å². The molecule has 0 unspecified atom stereocenters. The lowest BCUT2D eigenvalue weighted by atomic mass is 10.1. The molecule has 1 aromatic carbocycles. The molecular weight excluding hydrogens is 290 g/mol. The zero-order valence-corrected chi connectivity index (χ0v) is 12.9. The van der Waals surface area contributed by atoms with E-state index >= 15 is 0 Å². The number of benzene rings is 1. The third-order valence-electron chi connectivity index (χ3n) is 3.60. The molecule has 0 spiro atoms. The van der Waals surface area contributed by atoms with Gasteiger partial charge in [-0.3, -0.25) is 4.79 Å². The van der Waals surface area contributed by atoms with Crippen molar-refractivity contribution >= 4 is 5.91 Å². The highest BCUT2D eigenvalue weighted by Gasteiger charge is 2.24. The SMILES string of the molecule is C[C@@H]1CN(C(=O)CCCOc2ccc(F)cc2F)C[C@H](C)N1. The molecule has 0 saturated carbocycles. The Morgan fingerprint density at radius 3 is 2.64 bits per heavy atom. The van der Waals surface area contributed by atoms with Gasteiger partial charge in [0.05, 0.1) is 6.61 Å². The molecule has 1 heterocycles. The molecule has 1 fully saturated rings. The first kappa shape index (κ1) is 16.7. The molecule has 1 aliphatic heterocycles. The number of rotatable bonds is 5. The van der Waals surface area contributed by atoms with Crippen LogP contribution >= 0.6 is 0 Å². The van der Waals surface area contributed by atoms with Gasteiger partial charge in [0.1, 0.15) is 5.82 Å². The Bertz CT molecular complexity index is 515. The number of carbonyl (C=O) groups is 1. The maximum absolute atomic E-state index is 13.4. The van der Waals surface area contributed by atoms with Crippen LogP contribution in [0, 0.1) is 11.6 Å². The van der Waals surface area contributed by atoms with Crippen molar-refractivity contribution in [2.75, 3.05) is 19.7 Å². The van der Waals surface area contributed by atoms with Crippen LogP contribution in [-0.4, -0.2) is 42.6 Å². The summed E-state index contributed by atoms with van der Waals surface area (Å²) in [4.78, 5) is 14.0. The highest BCUT2D eigenvalue weighted by atomic mass is 19.1. The van der Waals surface area contributed by atoms with Crippen LogP contribution < -0.4 is 10.1 Å². The molecule has 0 radical (unpaired) electrons. The minimum absolute atomic E-state index is 0.0123. The van der Waals surface area contributed by atoms with Crippen molar-refractivity contribution in [1.82, 2.24) is 10.2 Å². The molecule has 0 aromatic heterocycles. The first-order chi connectivity index (χ1) is 10.5. The van der Waals surface area contributed by atoms with E-state index in [1.165, 1.54) is 6.07 Å². The van der Waals surface area contributed by atoms with Crippen molar-refractivity contribution in [1.29, 1.82) is 0 Å². The summed E-state index contributed by atoms with van der Waals surface area (Å²) in [5.74, 6) is -1.26. The van der Waals surface area contributed by atoms with Crippen molar-refractivity contribution in [3.8, 4) is 5.75 Å². The molecule has 2 rings (SSSR count). The standard InChI is InChI=1S/C16H22F2N2O2/c1-11-9-20(10-12(2)19-11)16(21)4-3-7-22-15-6-5-13(17)8-14(15)18/h5-6,8,11-12,19H,3-4,7,9-10H2,1-2H3/t11-,12+. The fourth-order valence-corrected chi connectivity index (χ4v) is 2.69. The minimum Gasteiger partial charge on any atom is -0.491 e. The normalized spacial score (nSPS) is 21.7. The smallest absolute Gasteiger partial charge is 0.222 e. The molecular formula is C16H22F2N2O2. The number of carbonyl (C=O) groups excluding carboxylic acids is 1. The Labute approximate surface area is 129 Å². The summed E-state index contributed by atoms with van der Waals surface area (Å²) in [6.45, 7) is 5.74. The summed E-state index contributed by atoms with van der Waals surface area (Å²) in [6, 6.07) is 3.76. The van der Waals surface area contributed by atoms with E-state index in [1.807, 2.05) is 4.90 Å². The molecule has 0 aliphatic carbocycles. The van der Waals surface area contributed by atoms with E-state index in [9.17, 15) is 13.6 Å². The van der Waals surface area contributed by atoms with E-state index in [2.05, 4.69) is 19.2 Å². The van der Waals surface area contributed by atoms with E-state index in [0.717, 1.165) is 12.1 Å². The Morgan fingerprint density at radius 2 is 2.00 bits per heavy atom. The second-order valence-electron chi connectivity index (χ2n) is 5.79. The van der Waals surface area contributed by atoms with E-state index < -0.39 is 11.6 Å². The predicted molar refractivity (Wildman–Crippen MR) is 79.7 cm³/mol. The molecule has 4 nitrogen and oxygen atoms in total. The summed E-state index contributed by atoms with van der Waals surface area (Å²) >= 11 is 0. The highest BCUT2D eigenvalue weighted by molar-refractivity contribution is 5.76. The number of nitrogens with zero attached hydrogens (tertiary/aromatic N) is 1. The second-order valence-corrected chi connectivity index (χ2v) is 5.79. The lowest BCUT2D eigenvalue weighted by Gasteiger charge is -2.36. The van der Waals surface area contributed by atoms with Crippen molar-refractivity contribution < 1.29 is 18.3 Å². The maximum atomic E-state index is 13.4. The fraction of sp³-hybridized carbons (Fsp3) is 0.562. The Balaban J connectivity index is 1.73. The molecule has 0 bridgehead atoms. The number of nitrogens with one attached hydrogen (secondary N) is 1. The zero-order chi connectivity index (χ0) is 16.1. The fourth-order valence-electron chi connectivity index (χ4n) is 2.69. The molecule has 22 heavy (non-hydrogen) atoms. The molecule has 122 valence electrons. The van der Waals surface area contributed by atoms with Gasteiger partial charge in [0.25, 0.3) is 0 Å². The van der Waals surface area contributed by atoms with Crippen molar-refractivity contribution in [2.45, 2.75) is 38.8 Å². The Hall–Kier alpha value is -1.69. The van der Waals surface area contributed by atoms with Gasteiger partial charge in [0.2, 0.25) is 5.91 Å². The van der Waals surface area contributed by atoms with Gasteiger partial charge in [-0.05, 0) is 32.4 Å². The van der Waals surface area contributed by atoms with Crippen molar-refractivity contribution in [3.63, 3.8) is 0 Å². The maximum Gasteiger partial charge on any atom is 0.222 e. The van der Waals surface area contributed by atoms with Gasteiger partial charge in [-0.1, -0.05) is 0 Å². The molecule has 1 N–H and O–H groups in total. The van der Waals surface area contributed by atoms with Crippen LogP contribution in [0.2, 0.25) is 0 Å². The summed E-state index contributed by atoms with van der Waals surface area (Å²) < 4.78 is 31.4. The van der Waals surface area contributed by atoms with Crippen molar-refractivity contribution in [2.24, 2.45) is 0 Å². The zero-order valence-electron chi connectivity index (χ0n) is 12.9. The molecule has 6 heteroatoms. The number of amides is 1. The van der Waals surface area contributed by atoms with Crippen LogP contribution in [0.4, 0.5) is 8.78 Å². The Kier molecular flexibility index (Phi) is 5.71. The Morgan fingerprint density at radius 1 is 1.32 bits per heavy atom. The van der Waals surface area contributed by atoms with Crippen LogP contribution in [0.15, 0.2) is 18.2 Å². The van der Waals surface area contributed by atoms with Gasteiger partial charge in [-0.2, -0.15) is 0 Å². The molecule has 1 amide bonds. The van der Waals surface area contributed by atoms with E-state index in [-0.39, 0.29) is 30.3 Å². The van der Waals surface area contributed by atoms with Crippen molar-refractivity contribution in [3.05, 3.63) is 29.8 Å². The number of piperazine rings is 1. The largest absolute Gasteiger partial charge is 0.491 e. The van der Waals surface area contributed by atoms with Gasteiger partial charge in [-0.15, -0.1) is 0 Å². The van der Waals surface area contributed by atoms with Gasteiger partial charge in [0, 0.05) is 37.7 Å². The van der Waals surface area contributed by atoms with E-state index in [1.54, 1.807) is 0 Å². The van der Waals surface area contributed by atoms with Gasteiger partial charge < -0.3 is 15.0 Å². The second kappa shape index (κ2) is 7.54. The number of hydrogen-bond acceptors (Lipinski definition) is 3. The number of hydrogen-bond donors (Lipinski definition) is 1. The van der Waals surface area contributed by atoms with E-state index in [0.29, 0.717) is 25.9 Å². The quantitative estimate of drug-likeness (QED) is 0.849. The minimum atomic E-state index is -0.726. The van der Waals surface area contributed by atoms with Crippen LogP contribution in [0.5, 0.6) is 5.75 Å². The first-order valence-electron chi connectivity index (χ1n) is 7.57. The summed E-state index contributed by atoms with van der Waals surface area (Å²) in [6.07, 6.45) is 0.866. The monoisotopic (exact) mass is 312 g/mol. The first-order valence-corrected chi connectivity index (χ1v) is 7.57. The molecule has 1 aliphatic rings. The van der Waals surface area contributed by atoms with Crippen LogP contribution in [0.3, 0.4) is 0 Å². The topological polar surface area (TPSA) is 41.6 Å². The van der Waals surface area contributed by atoms with Crippen LogP contribution in [0.25, 0.3) is 0 Å². The van der Waals surface area contributed by atoms with Crippen LogP contribution in [0.1, 0.15) is 26.7 Å². The average molecular weight is 312 g/mol. The highest BCUT2D eigenvalue weighted by Crippen LogP contribution is 2.18. The third-order valence-corrected chi connectivity index (χ3v) is 3.60. The summed E-state index contributed by atoms with van der Waals surface area (Å²) in [5.41, 5.74) is 0. The molecule has 1 aromatic rings. The predicted octanol–water partition coefficient (Wildman–Crippen LogP) is 2.33. The van der Waals surface area contributed by atoms with Gasteiger partial charge in [-0.25, -0.2) is 8.78 Å². The third kappa shape index (κ3) is 4.66.